The van der Waals surface area contributed by atoms with Gasteiger partial charge < -0.3 is 11.1 Å². The van der Waals surface area contributed by atoms with Crippen LogP contribution in [0.2, 0.25) is 0 Å². The Labute approximate surface area is 118 Å². The van der Waals surface area contributed by atoms with Crippen molar-refractivity contribution in [1.82, 2.24) is 20.1 Å². The molecule has 0 spiro atoms. The molecule has 6 nitrogen and oxygen atoms in total. The Balaban J connectivity index is 1.66. The second-order valence-corrected chi connectivity index (χ2v) is 4.68. The van der Waals surface area contributed by atoms with E-state index in [2.05, 4.69) is 15.4 Å². The van der Waals surface area contributed by atoms with Crippen molar-refractivity contribution in [3.8, 4) is 0 Å². The molecule has 0 aliphatic carbocycles. The minimum Gasteiger partial charge on any atom is -0.399 e. The third-order valence-corrected chi connectivity index (χ3v) is 2.94. The molecule has 0 fully saturated rings. The van der Waals surface area contributed by atoms with Crippen LogP contribution in [-0.2, 0) is 24.7 Å². The van der Waals surface area contributed by atoms with E-state index in [1.54, 1.807) is 11.0 Å². The molecule has 1 heterocycles. The molecule has 0 saturated heterocycles. The van der Waals surface area contributed by atoms with Gasteiger partial charge in [-0.3, -0.25) is 9.48 Å². The highest BCUT2D eigenvalue weighted by Gasteiger charge is 2.03. The molecule has 1 amide bonds. The lowest BCUT2D eigenvalue weighted by Crippen LogP contribution is -2.26. The molecule has 0 radical (unpaired) electrons. The standard InChI is InChI=1S/C14H19N5O/c1-19-10-17-13(18-19)8-9-16-14(20)7-4-11-2-5-12(15)6-3-11/h2-3,5-6,10H,4,7-9,15H2,1H3,(H,16,20). The third-order valence-electron chi connectivity index (χ3n) is 2.94. The summed E-state index contributed by atoms with van der Waals surface area (Å²) in [6.45, 7) is 0.560. The Morgan fingerprint density at radius 3 is 2.70 bits per heavy atom. The lowest BCUT2D eigenvalue weighted by atomic mass is 10.1. The quantitative estimate of drug-likeness (QED) is 0.758. The van der Waals surface area contributed by atoms with Crippen molar-refractivity contribution >= 4 is 11.6 Å². The van der Waals surface area contributed by atoms with Gasteiger partial charge in [0, 0.05) is 32.1 Å². The van der Waals surface area contributed by atoms with Crippen LogP contribution in [0.4, 0.5) is 5.69 Å². The van der Waals surface area contributed by atoms with Crippen molar-refractivity contribution in [3.63, 3.8) is 0 Å². The van der Waals surface area contributed by atoms with Gasteiger partial charge >= 0.3 is 0 Å². The Morgan fingerprint density at radius 1 is 1.30 bits per heavy atom. The van der Waals surface area contributed by atoms with Gasteiger partial charge in [0.25, 0.3) is 0 Å². The zero-order valence-electron chi connectivity index (χ0n) is 11.5. The summed E-state index contributed by atoms with van der Waals surface area (Å²) in [6.07, 6.45) is 3.49. The summed E-state index contributed by atoms with van der Waals surface area (Å²) in [5.41, 5.74) is 7.46. The normalized spacial score (nSPS) is 10.4. The summed E-state index contributed by atoms with van der Waals surface area (Å²) in [6, 6.07) is 7.58. The van der Waals surface area contributed by atoms with Crippen molar-refractivity contribution in [2.24, 2.45) is 7.05 Å². The predicted octanol–water partition coefficient (Wildman–Crippen LogP) is 0.689. The highest BCUT2D eigenvalue weighted by atomic mass is 16.1. The van der Waals surface area contributed by atoms with E-state index in [9.17, 15) is 4.79 Å². The average Bonchev–Trinajstić information content (AvgIpc) is 2.84. The molecule has 6 heteroatoms. The predicted molar refractivity (Wildman–Crippen MR) is 76.9 cm³/mol. The van der Waals surface area contributed by atoms with E-state index in [-0.39, 0.29) is 5.91 Å². The minimum absolute atomic E-state index is 0.0396. The molecule has 2 rings (SSSR count). The fourth-order valence-corrected chi connectivity index (χ4v) is 1.84. The van der Waals surface area contributed by atoms with Gasteiger partial charge in [0.2, 0.25) is 5.91 Å². The zero-order valence-corrected chi connectivity index (χ0v) is 11.5. The number of nitrogen functional groups attached to an aromatic ring is 1. The number of carbonyl (C=O) groups excluding carboxylic acids is 1. The van der Waals surface area contributed by atoms with Gasteiger partial charge in [-0.2, -0.15) is 5.10 Å². The topological polar surface area (TPSA) is 85.8 Å². The highest BCUT2D eigenvalue weighted by Crippen LogP contribution is 2.07. The van der Waals surface area contributed by atoms with Crippen molar-refractivity contribution in [1.29, 1.82) is 0 Å². The number of benzene rings is 1. The van der Waals surface area contributed by atoms with Crippen LogP contribution < -0.4 is 11.1 Å². The van der Waals surface area contributed by atoms with Crippen LogP contribution in [0, 0.1) is 0 Å². The van der Waals surface area contributed by atoms with Crippen LogP contribution >= 0.6 is 0 Å². The molecule has 106 valence electrons. The maximum atomic E-state index is 11.7. The molecular weight excluding hydrogens is 254 g/mol. The maximum Gasteiger partial charge on any atom is 0.220 e. The summed E-state index contributed by atoms with van der Waals surface area (Å²) in [4.78, 5) is 15.8. The molecular formula is C14H19N5O. The van der Waals surface area contributed by atoms with Gasteiger partial charge in [-0.15, -0.1) is 0 Å². The number of nitrogens with zero attached hydrogens (tertiary/aromatic N) is 3. The molecule has 2 aromatic rings. The number of rotatable bonds is 6. The van der Waals surface area contributed by atoms with Crippen molar-refractivity contribution in [2.45, 2.75) is 19.3 Å². The second kappa shape index (κ2) is 6.70. The molecule has 1 aromatic carbocycles. The summed E-state index contributed by atoms with van der Waals surface area (Å²) < 4.78 is 1.65. The van der Waals surface area contributed by atoms with E-state index in [0.29, 0.717) is 25.8 Å². The second-order valence-electron chi connectivity index (χ2n) is 4.68. The molecule has 0 aliphatic heterocycles. The smallest absolute Gasteiger partial charge is 0.220 e. The Morgan fingerprint density at radius 2 is 2.05 bits per heavy atom. The first kappa shape index (κ1) is 14.0. The van der Waals surface area contributed by atoms with Gasteiger partial charge in [-0.25, -0.2) is 4.98 Å². The Hall–Kier alpha value is -2.37. The number of hydrogen-bond acceptors (Lipinski definition) is 4. The summed E-state index contributed by atoms with van der Waals surface area (Å²) >= 11 is 0. The fourth-order valence-electron chi connectivity index (χ4n) is 1.84. The van der Waals surface area contributed by atoms with Crippen molar-refractivity contribution in [3.05, 3.63) is 42.0 Å². The molecule has 0 unspecified atom stereocenters. The third kappa shape index (κ3) is 4.38. The molecule has 1 aromatic heterocycles. The summed E-state index contributed by atoms with van der Waals surface area (Å²) in [5, 5.41) is 7.02. The maximum absolute atomic E-state index is 11.7. The van der Waals surface area contributed by atoms with Crippen LogP contribution in [0.1, 0.15) is 17.8 Å². The van der Waals surface area contributed by atoms with Crippen LogP contribution in [-0.4, -0.2) is 27.2 Å². The number of hydrogen-bond donors (Lipinski definition) is 2. The van der Waals surface area contributed by atoms with Gasteiger partial charge in [0.05, 0.1) is 0 Å². The number of aromatic nitrogens is 3. The first-order valence-electron chi connectivity index (χ1n) is 6.59. The van der Waals surface area contributed by atoms with E-state index in [1.807, 2.05) is 31.3 Å². The first-order chi connectivity index (χ1) is 9.63. The van der Waals surface area contributed by atoms with E-state index in [0.717, 1.165) is 17.1 Å². The van der Waals surface area contributed by atoms with E-state index in [4.69, 9.17) is 5.73 Å². The number of nitrogens with two attached hydrogens (primary N) is 1. The lowest BCUT2D eigenvalue weighted by Gasteiger charge is -2.04. The Bertz CT molecular complexity index is 561. The van der Waals surface area contributed by atoms with Gasteiger partial charge in [0.1, 0.15) is 6.33 Å². The van der Waals surface area contributed by atoms with Crippen molar-refractivity contribution in [2.75, 3.05) is 12.3 Å². The summed E-state index contributed by atoms with van der Waals surface area (Å²) in [5.74, 6) is 0.782. The van der Waals surface area contributed by atoms with Gasteiger partial charge in [-0.1, -0.05) is 12.1 Å². The van der Waals surface area contributed by atoms with E-state index in [1.165, 1.54) is 0 Å². The van der Waals surface area contributed by atoms with Crippen molar-refractivity contribution < 1.29 is 4.79 Å². The summed E-state index contributed by atoms with van der Waals surface area (Å²) in [7, 11) is 1.82. The van der Waals surface area contributed by atoms with Crippen LogP contribution in [0.5, 0.6) is 0 Å². The van der Waals surface area contributed by atoms with Crippen LogP contribution in [0.3, 0.4) is 0 Å². The molecule has 3 N–H and O–H groups in total. The van der Waals surface area contributed by atoms with Gasteiger partial charge in [0.15, 0.2) is 5.82 Å². The van der Waals surface area contributed by atoms with Crippen LogP contribution in [0.25, 0.3) is 0 Å². The SMILES string of the molecule is Cn1cnc(CCNC(=O)CCc2ccc(N)cc2)n1. The Kier molecular flexibility index (Phi) is 4.70. The monoisotopic (exact) mass is 273 g/mol. The van der Waals surface area contributed by atoms with Crippen LogP contribution in [0.15, 0.2) is 30.6 Å². The minimum atomic E-state index is 0.0396. The molecule has 0 bridgehead atoms. The number of anilines is 1. The number of carbonyl (C=O) groups is 1. The molecule has 20 heavy (non-hydrogen) atoms. The first-order valence-corrected chi connectivity index (χ1v) is 6.59. The van der Waals surface area contributed by atoms with E-state index < -0.39 is 0 Å². The molecule has 0 saturated carbocycles. The number of aryl methyl sites for hydroxylation is 2. The van der Waals surface area contributed by atoms with Gasteiger partial charge in [-0.05, 0) is 24.1 Å². The zero-order chi connectivity index (χ0) is 14.4. The number of amides is 1. The number of nitrogens with one attached hydrogen (secondary N) is 1. The fraction of sp³-hybridized carbons (Fsp3) is 0.357. The molecule has 0 aliphatic rings. The average molecular weight is 273 g/mol. The lowest BCUT2D eigenvalue weighted by molar-refractivity contribution is -0.121. The largest absolute Gasteiger partial charge is 0.399 e. The highest BCUT2D eigenvalue weighted by molar-refractivity contribution is 5.76. The van der Waals surface area contributed by atoms with E-state index >= 15 is 0 Å². The molecule has 0 atom stereocenters.